The molecule has 3 aromatic heterocycles. The van der Waals surface area contributed by atoms with Crippen molar-refractivity contribution in [3.05, 3.63) is 41.1 Å². The summed E-state index contributed by atoms with van der Waals surface area (Å²) in [5.74, 6) is 0.774. The average Bonchev–Trinajstić information content (AvgIpc) is 3.51. The number of amides is 1. The molecule has 0 aliphatic carbocycles. The van der Waals surface area contributed by atoms with E-state index in [4.69, 9.17) is 14.0 Å². The number of nitrogens with zero attached hydrogens (tertiary/aromatic N) is 3. The van der Waals surface area contributed by atoms with Crippen LogP contribution in [-0.2, 0) is 21.4 Å². The van der Waals surface area contributed by atoms with E-state index in [1.54, 1.807) is 18.2 Å². The molecule has 31 heavy (non-hydrogen) atoms. The van der Waals surface area contributed by atoms with E-state index < -0.39 is 10.0 Å². The summed E-state index contributed by atoms with van der Waals surface area (Å²) in [5.41, 5.74) is 0.178. The lowest BCUT2D eigenvalue weighted by molar-refractivity contribution is -0.125. The molecule has 0 saturated carbocycles. The molecule has 10 nitrogen and oxygen atoms in total. The number of thiophene rings is 1. The van der Waals surface area contributed by atoms with Crippen LogP contribution in [0.3, 0.4) is 0 Å². The van der Waals surface area contributed by atoms with Gasteiger partial charge in [-0.15, -0.1) is 11.3 Å². The Bertz CT molecular complexity index is 1210. The molecule has 1 amide bonds. The predicted molar refractivity (Wildman–Crippen MR) is 111 cm³/mol. The molecule has 1 aliphatic rings. The number of oxazole rings is 1. The standard InChI is InChI=1S/C19H19N5O5S2/c20-10-14-19(29-18(23-14)15-2-1-9-28-15)24-7-5-12(6-8-24)17(25)22-11-13-3-4-16(30-13)31(21,26)27/h1-4,9,12H,5-8,11H2,(H,22,25)(H2,21,26,27). The maximum absolute atomic E-state index is 12.5. The fourth-order valence-electron chi connectivity index (χ4n) is 3.37. The number of carbonyl (C=O) groups excluding carboxylic acids is 1. The number of primary sulfonamides is 1. The number of hydrogen-bond donors (Lipinski definition) is 2. The maximum Gasteiger partial charge on any atom is 0.266 e. The van der Waals surface area contributed by atoms with Gasteiger partial charge in [0, 0.05) is 23.9 Å². The zero-order chi connectivity index (χ0) is 22.0. The van der Waals surface area contributed by atoms with E-state index in [0.717, 1.165) is 11.3 Å². The van der Waals surface area contributed by atoms with E-state index in [2.05, 4.69) is 10.3 Å². The van der Waals surface area contributed by atoms with Gasteiger partial charge >= 0.3 is 0 Å². The SMILES string of the molecule is N#Cc1nc(-c2ccco2)oc1N1CCC(C(=O)NCc2ccc(S(N)(=O)=O)s2)CC1. The predicted octanol–water partition coefficient (Wildman–Crippen LogP) is 2.05. The zero-order valence-corrected chi connectivity index (χ0v) is 17.9. The summed E-state index contributed by atoms with van der Waals surface area (Å²) < 4.78 is 33.8. The van der Waals surface area contributed by atoms with Crippen molar-refractivity contribution in [3.63, 3.8) is 0 Å². The van der Waals surface area contributed by atoms with Gasteiger partial charge in [0.05, 0.1) is 12.8 Å². The summed E-state index contributed by atoms with van der Waals surface area (Å²) in [7, 11) is -3.73. The number of nitriles is 1. The van der Waals surface area contributed by atoms with Crippen LogP contribution in [0.25, 0.3) is 11.7 Å². The maximum atomic E-state index is 12.5. The zero-order valence-electron chi connectivity index (χ0n) is 16.3. The molecule has 0 unspecified atom stereocenters. The van der Waals surface area contributed by atoms with Crippen LogP contribution in [0.15, 0.2) is 43.6 Å². The van der Waals surface area contributed by atoms with Gasteiger partial charge in [-0.05, 0) is 37.1 Å². The van der Waals surface area contributed by atoms with Gasteiger partial charge in [-0.2, -0.15) is 10.2 Å². The van der Waals surface area contributed by atoms with Gasteiger partial charge in [0.2, 0.25) is 27.5 Å². The Balaban J connectivity index is 1.34. The van der Waals surface area contributed by atoms with Crippen molar-refractivity contribution in [3.8, 4) is 17.7 Å². The first-order valence-corrected chi connectivity index (χ1v) is 11.8. The molecule has 4 rings (SSSR count). The summed E-state index contributed by atoms with van der Waals surface area (Å²) in [6.45, 7) is 1.31. The molecular weight excluding hydrogens is 442 g/mol. The number of rotatable bonds is 6. The lowest BCUT2D eigenvalue weighted by Crippen LogP contribution is -2.40. The Morgan fingerprint density at radius 3 is 2.74 bits per heavy atom. The molecule has 3 N–H and O–H groups in total. The van der Waals surface area contributed by atoms with E-state index in [0.29, 0.717) is 42.5 Å². The third kappa shape index (κ3) is 4.63. The molecule has 1 aliphatic heterocycles. The molecule has 0 spiro atoms. The summed E-state index contributed by atoms with van der Waals surface area (Å²) >= 11 is 1.04. The number of piperidine rings is 1. The van der Waals surface area contributed by atoms with Gasteiger partial charge < -0.3 is 19.1 Å². The Hall–Kier alpha value is -3.14. The second kappa shape index (κ2) is 8.54. The molecule has 0 aromatic carbocycles. The Morgan fingerprint density at radius 1 is 1.35 bits per heavy atom. The highest BCUT2D eigenvalue weighted by molar-refractivity contribution is 7.91. The molecule has 4 heterocycles. The molecule has 12 heteroatoms. The Morgan fingerprint density at radius 2 is 2.13 bits per heavy atom. The molecule has 0 bridgehead atoms. The fourth-order valence-corrected chi connectivity index (χ4v) is 5.09. The second-order valence-electron chi connectivity index (χ2n) is 7.01. The molecule has 1 fully saturated rings. The van der Waals surface area contributed by atoms with Crippen molar-refractivity contribution in [1.82, 2.24) is 10.3 Å². The average molecular weight is 462 g/mol. The first-order chi connectivity index (χ1) is 14.8. The highest BCUT2D eigenvalue weighted by atomic mass is 32.2. The molecule has 3 aromatic rings. The van der Waals surface area contributed by atoms with Crippen LogP contribution in [-0.4, -0.2) is 32.4 Å². The van der Waals surface area contributed by atoms with Crippen LogP contribution in [0, 0.1) is 17.2 Å². The number of nitrogens with two attached hydrogens (primary N) is 1. The molecule has 0 radical (unpaired) electrons. The van der Waals surface area contributed by atoms with Gasteiger partial charge in [0.15, 0.2) is 5.76 Å². The highest BCUT2D eigenvalue weighted by Gasteiger charge is 2.29. The van der Waals surface area contributed by atoms with Crippen molar-refractivity contribution >= 4 is 33.2 Å². The largest absolute Gasteiger partial charge is 0.459 e. The number of sulfonamides is 1. The summed E-state index contributed by atoms with van der Waals surface area (Å²) in [6, 6.07) is 8.52. The number of carbonyl (C=O) groups is 1. The van der Waals surface area contributed by atoms with Crippen LogP contribution in [0.2, 0.25) is 0 Å². The minimum atomic E-state index is -3.73. The first kappa shape index (κ1) is 21.1. The van der Waals surface area contributed by atoms with Crippen LogP contribution in [0.4, 0.5) is 5.88 Å². The third-order valence-electron chi connectivity index (χ3n) is 4.95. The molecular formula is C19H19N5O5S2. The van der Waals surface area contributed by atoms with E-state index in [1.165, 1.54) is 12.3 Å². The van der Waals surface area contributed by atoms with Gasteiger partial charge in [-0.25, -0.2) is 13.6 Å². The van der Waals surface area contributed by atoms with Gasteiger partial charge in [-0.3, -0.25) is 4.79 Å². The van der Waals surface area contributed by atoms with Gasteiger partial charge in [-0.1, -0.05) is 0 Å². The molecule has 0 atom stereocenters. The van der Waals surface area contributed by atoms with Crippen molar-refractivity contribution < 1.29 is 22.0 Å². The molecule has 1 saturated heterocycles. The van der Waals surface area contributed by atoms with Crippen molar-refractivity contribution in [2.45, 2.75) is 23.6 Å². The van der Waals surface area contributed by atoms with E-state index in [-0.39, 0.29) is 34.2 Å². The lowest BCUT2D eigenvalue weighted by Gasteiger charge is -2.30. The van der Waals surface area contributed by atoms with Crippen LogP contribution >= 0.6 is 11.3 Å². The Kier molecular flexibility index (Phi) is 5.81. The van der Waals surface area contributed by atoms with E-state index in [9.17, 15) is 18.5 Å². The summed E-state index contributed by atoms with van der Waals surface area (Å²) in [4.78, 5) is 19.3. The van der Waals surface area contributed by atoms with Crippen molar-refractivity contribution in [1.29, 1.82) is 5.26 Å². The quantitative estimate of drug-likeness (QED) is 0.565. The number of hydrogen-bond acceptors (Lipinski definition) is 9. The molecule has 162 valence electrons. The van der Waals surface area contributed by atoms with Crippen LogP contribution < -0.4 is 15.4 Å². The summed E-state index contributed by atoms with van der Waals surface area (Å²) in [5, 5.41) is 17.3. The van der Waals surface area contributed by atoms with Crippen molar-refractivity contribution in [2.24, 2.45) is 11.1 Å². The number of aromatic nitrogens is 1. The summed E-state index contributed by atoms with van der Waals surface area (Å²) in [6.07, 6.45) is 2.67. The number of furan rings is 1. The third-order valence-corrected chi connectivity index (χ3v) is 7.48. The smallest absolute Gasteiger partial charge is 0.266 e. The van der Waals surface area contributed by atoms with Gasteiger partial charge in [0.25, 0.3) is 5.89 Å². The second-order valence-corrected chi connectivity index (χ2v) is 9.96. The monoisotopic (exact) mass is 461 g/mol. The normalized spacial score (nSPS) is 15.0. The van der Waals surface area contributed by atoms with E-state index >= 15 is 0 Å². The minimum absolute atomic E-state index is 0.0688. The number of anilines is 1. The first-order valence-electron chi connectivity index (χ1n) is 9.44. The topological polar surface area (TPSA) is 155 Å². The van der Waals surface area contributed by atoms with Gasteiger partial charge in [0.1, 0.15) is 10.3 Å². The highest BCUT2D eigenvalue weighted by Crippen LogP contribution is 2.31. The van der Waals surface area contributed by atoms with Crippen LogP contribution in [0.5, 0.6) is 0 Å². The fraction of sp³-hybridized carbons (Fsp3) is 0.316. The van der Waals surface area contributed by atoms with Crippen LogP contribution in [0.1, 0.15) is 23.4 Å². The van der Waals surface area contributed by atoms with Crippen molar-refractivity contribution in [2.75, 3.05) is 18.0 Å². The number of nitrogens with one attached hydrogen (secondary N) is 1. The minimum Gasteiger partial charge on any atom is -0.459 e. The Labute approximate surface area is 182 Å². The lowest BCUT2D eigenvalue weighted by atomic mass is 9.96. The van der Waals surface area contributed by atoms with E-state index in [1.807, 2.05) is 11.0 Å².